The maximum absolute atomic E-state index is 13.0. The standard InChI is InChI=1S/C13H23F4N3O.ClH/c1-3-4-12(2,18)11(21)20-7-5-19(6-8-20)9-13(16,17)10(14)15;/h10H,3-9,18H2,1-2H3;1H. The molecule has 1 atom stereocenters. The highest BCUT2D eigenvalue weighted by molar-refractivity contribution is 5.86. The van der Waals surface area contributed by atoms with Crippen molar-refractivity contribution in [2.24, 2.45) is 5.73 Å². The SMILES string of the molecule is CCCC(C)(N)C(=O)N1CCN(CC(F)(F)C(F)F)CC1.Cl. The van der Waals surface area contributed by atoms with Crippen LogP contribution in [0.4, 0.5) is 17.6 Å². The number of nitrogens with zero attached hydrogens (tertiary/aromatic N) is 2. The molecular weight excluding hydrogens is 326 g/mol. The minimum absolute atomic E-state index is 0. The Hall–Kier alpha value is -0.600. The van der Waals surface area contributed by atoms with Crippen molar-refractivity contribution in [1.29, 1.82) is 0 Å². The van der Waals surface area contributed by atoms with Crippen LogP contribution in [-0.2, 0) is 4.79 Å². The predicted octanol–water partition coefficient (Wildman–Crippen LogP) is 1.97. The van der Waals surface area contributed by atoms with E-state index in [0.717, 1.165) is 6.42 Å². The number of amides is 1. The zero-order chi connectivity index (χ0) is 16.3. The fourth-order valence-corrected chi connectivity index (χ4v) is 2.46. The molecule has 0 aromatic rings. The van der Waals surface area contributed by atoms with Gasteiger partial charge in [0.2, 0.25) is 5.91 Å². The van der Waals surface area contributed by atoms with Gasteiger partial charge in [-0.25, -0.2) is 8.78 Å². The molecule has 132 valence electrons. The van der Waals surface area contributed by atoms with E-state index in [0.29, 0.717) is 6.42 Å². The van der Waals surface area contributed by atoms with Crippen LogP contribution in [0.3, 0.4) is 0 Å². The first kappa shape index (κ1) is 21.4. The molecule has 1 aliphatic heterocycles. The summed E-state index contributed by atoms with van der Waals surface area (Å²) in [5, 5.41) is 0. The molecule has 1 heterocycles. The van der Waals surface area contributed by atoms with Crippen molar-refractivity contribution < 1.29 is 22.4 Å². The molecule has 1 amide bonds. The van der Waals surface area contributed by atoms with Gasteiger partial charge in [0.15, 0.2) is 0 Å². The molecule has 1 unspecified atom stereocenters. The van der Waals surface area contributed by atoms with E-state index in [1.165, 1.54) is 9.80 Å². The Morgan fingerprint density at radius 2 is 1.73 bits per heavy atom. The van der Waals surface area contributed by atoms with Crippen LogP contribution in [0, 0.1) is 0 Å². The van der Waals surface area contributed by atoms with Gasteiger partial charge in [-0.05, 0) is 13.3 Å². The van der Waals surface area contributed by atoms with Gasteiger partial charge in [0, 0.05) is 26.2 Å². The zero-order valence-corrected chi connectivity index (χ0v) is 13.6. The van der Waals surface area contributed by atoms with Crippen LogP contribution < -0.4 is 5.73 Å². The number of hydrogen-bond acceptors (Lipinski definition) is 3. The molecule has 22 heavy (non-hydrogen) atoms. The Labute approximate surface area is 134 Å². The minimum atomic E-state index is -4.02. The summed E-state index contributed by atoms with van der Waals surface area (Å²) < 4.78 is 50.3. The number of carbonyl (C=O) groups is 1. The summed E-state index contributed by atoms with van der Waals surface area (Å²) in [4.78, 5) is 15.0. The third-order valence-electron chi connectivity index (χ3n) is 3.67. The Balaban J connectivity index is 0.00000441. The monoisotopic (exact) mass is 349 g/mol. The van der Waals surface area contributed by atoms with E-state index < -0.39 is 24.4 Å². The molecule has 0 radical (unpaired) electrons. The lowest BCUT2D eigenvalue weighted by molar-refractivity contribution is -0.150. The number of piperazine rings is 1. The zero-order valence-electron chi connectivity index (χ0n) is 12.8. The van der Waals surface area contributed by atoms with E-state index in [9.17, 15) is 22.4 Å². The van der Waals surface area contributed by atoms with Gasteiger partial charge in [0.25, 0.3) is 0 Å². The van der Waals surface area contributed by atoms with Crippen molar-refractivity contribution in [3.8, 4) is 0 Å². The van der Waals surface area contributed by atoms with Gasteiger partial charge < -0.3 is 10.6 Å². The molecule has 0 spiro atoms. The van der Waals surface area contributed by atoms with Crippen molar-refractivity contribution in [2.75, 3.05) is 32.7 Å². The molecule has 0 aromatic heterocycles. The predicted molar refractivity (Wildman–Crippen MR) is 78.7 cm³/mol. The average Bonchev–Trinajstić information content (AvgIpc) is 2.38. The highest BCUT2D eigenvalue weighted by Gasteiger charge is 2.43. The molecular formula is C13H24ClF4N3O. The second kappa shape index (κ2) is 8.31. The van der Waals surface area contributed by atoms with Crippen LogP contribution in [0.2, 0.25) is 0 Å². The maximum atomic E-state index is 13.0. The highest BCUT2D eigenvalue weighted by Crippen LogP contribution is 2.24. The van der Waals surface area contributed by atoms with Crippen LogP contribution in [0.1, 0.15) is 26.7 Å². The smallest absolute Gasteiger partial charge is 0.319 e. The molecule has 2 N–H and O–H groups in total. The van der Waals surface area contributed by atoms with Gasteiger partial charge >= 0.3 is 12.3 Å². The summed E-state index contributed by atoms with van der Waals surface area (Å²) in [6, 6.07) is 0. The van der Waals surface area contributed by atoms with Crippen molar-refractivity contribution in [3.05, 3.63) is 0 Å². The summed E-state index contributed by atoms with van der Waals surface area (Å²) in [6.45, 7) is 3.34. The lowest BCUT2D eigenvalue weighted by Gasteiger charge is -2.39. The molecule has 1 aliphatic rings. The molecule has 4 nitrogen and oxygen atoms in total. The second-order valence-electron chi connectivity index (χ2n) is 5.80. The lowest BCUT2D eigenvalue weighted by atomic mass is 9.95. The Morgan fingerprint density at radius 1 is 1.23 bits per heavy atom. The molecule has 0 aliphatic carbocycles. The topological polar surface area (TPSA) is 49.6 Å². The van der Waals surface area contributed by atoms with E-state index in [-0.39, 0.29) is 44.5 Å². The third kappa shape index (κ3) is 5.55. The Morgan fingerprint density at radius 3 is 2.14 bits per heavy atom. The van der Waals surface area contributed by atoms with Crippen LogP contribution in [0.15, 0.2) is 0 Å². The quantitative estimate of drug-likeness (QED) is 0.746. The minimum Gasteiger partial charge on any atom is -0.339 e. The van der Waals surface area contributed by atoms with Gasteiger partial charge in [-0.2, -0.15) is 8.78 Å². The average molecular weight is 350 g/mol. The number of halogens is 5. The third-order valence-corrected chi connectivity index (χ3v) is 3.67. The lowest BCUT2D eigenvalue weighted by Crippen LogP contribution is -2.59. The van der Waals surface area contributed by atoms with E-state index in [2.05, 4.69) is 0 Å². The molecule has 1 saturated heterocycles. The van der Waals surface area contributed by atoms with Gasteiger partial charge in [-0.3, -0.25) is 9.69 Å². The Kier molecular flexibility index (Phi) is 8.08. The summed E-state index contributed by atoms with van der Waals surface area (Å²) in [5.74, 6) is -4.24. The Bertz CT molecular complexity index is 361. The number of hydrogen-bond donors (Lipinski definition) is 1. The normalized spacial score (nSPS) is 19.7. The van der Waals surface area contributed by atoms with Gasteiger partial charge in [0.05, 0.1) is 12.1 Å². The van der Waals surface area contributed by atoms with E-state index >= 15 is 0 Å². The van der Waals surface area contributed by atoms with Gasteiger partial charge in [0.1, 0.15) is 0 Å². The second-order valence-corrected chi connectivity index (χ2v) is 5.80. The van der Waals surface area contributed by atoms with E-state index in [1.54, 1.807) is 6.92 Å². The fraction of sp³-hybridized carbons (Fsp3) is 0.923. The van der Waals surface area contributed by atoms with Crippen LogP contribution in [0.5, 0.6) is 0 Å². The van der Waals surface area contributed by atoms with E-state index in [1.807, 2.05) is 6.92 Å². The summed E-state index contributed by atoms with van der Waals surface area (Å²) in [7, 11) is 0. The summed E-state index contributed by atoms with van der Waals surface area (Å²) in [5.41, 5.74) is 4.99. The number of alkyl halides is 4. The van der Waals surface area contributed by atoms with Crippen LogP contribution >= 0.6 is 12.4 Å². The highest BCUT2D eigenvalue weighted by atomic mass is 35.5. The fourth-order valence-electron chi connectivity index (χ4n) is 2.46. The molecule has 9 heteroatoms. The first-order valence-corrected chi connectivity index (χ1v) is 7.06. The number of nitrogens with two attached hydrogens (primary N) is 1. The number of rotatable bonds is 6. The molecule has 0 bridgehead atoms. The maximum Gasteiger partial charge on any atom is 0.319 e. The van der Waals surface area contributed by atoms with E-state index in [4.69, 9.17) is 5.73 Å². The van der Waals surface area contributed by atoms with Crippen LogP contribution in [-0.4, -0.2) is 66.3 Å². The van der Waals surface area contributed by atoms with Crippen LogP contribution in [0.25, 0.3) is 0 Å². The first-order valence-electron chi connectivity index (χ1n) is 7.06. The molecule has 0 saturated carbocycles. The van der Waals surface area contributed by atoms with Gasteiger partial charge in [-0.1, -0.05) is 13.3 Å². The molecule has 1 fully saturated rings. The van der Waals surface area contributed by atoms with Crippen molar-refractivity contribution in [2.45, 2.75) is 44.6 Å². The largest absolute Gasteiger partial charge is 0.339 e. The van der Waals surface area contributed by atoms with Gasteiger partial charge in [-0.15, -0.1) is 12.4 Å². The summed E-state index contributed by atoms with van der Waals surface area (Å²) >= 11 is 0. The first-order chi connectivity index (χ1) is 9.60. The number of carbonyl (C=O) groups excluding carboxylic acids is 1. The molecule has 1 rings (SSSR count). The van der Waals surface area contributed by atoms with Crippen molar-refractivity contribution in [3.63, 3.8) is 0 Å². The van der Waals surface area contributed by atoms with Crippen molar-refractivity contribution in [1.82, 2.24) is 9.80 Å². The van der Waals surface area contributed by atoms with Crippen molar-refractivity contribution >= 4 is 18.3 Å². The molecule has 0 aromatic carbocycles. The summed E-state index contributed by atoms with van der Waals surface area (Å²) in [6.07, 6.45) is -2.37.